The van der Waals surface area contributed by atoms with Crippen molar-refractivity contribution in [2.75, 3.05) is 13.1 Å². The van der Waals surface area contributed by atoms with E-state index in [0.29, 0.717) is 0 Å². The Morgan fingerprint density at radius 3 is 2.54 bits per heavy atom. The zero-order valence-corrected chi connectivity index (χ0v) is 8.46. The summed E-state index contributed by atoms with van der Waals surface area (Å²) >= 11 is 0. The summed E-state index contributed by atoms with van der Waals surface area (Å²) in [5.41, 5.74) is 5.20. The molecule has 2 amide bonds. The van der Waals surface area contributed by atoms with Gasteiger partial charge in [-0.05, 0) is 18.8 Å². The van der Waals surface area contributed by atoms with Gasteiger partial charge in [-0.2, -0.15) is 0 Å². The van der Waals surface area contributed by atoms with Crippen LogP contribution in [0.1, 0.15) is 39.0 Å². The average molecular weight is 184 g/mol. The molecule has 0 unspecified atom stereocenters. The molecule has 1 rings (SSSR count). The summed E-state index contributed by atoms with van der Waals surface area (Å²) in [5.74, 6) is 0.829. The van der Waals surface area contributed by atoms with E-state index >= 15 is 0 Å². The van der Waals surface area contributed by atoms with Gasteiger partial charge in [-0.15, -0.1) is 0 Å². The number of unbranched alkanes of at least 4 members (excludes halogenated alkanes) is 1. The maximum Gasteiger partial charge on any atom is 0.314 e. The van der Waals surface area contributed by atoms with Crippen molar-refractivity contribution in [1.29, 1.82) is 0 Å². The van der Waals surface area contributed by atoms with E-state index in [2.05, 4.69) is 6.92 Å². The SMILES string of the molecule is CCCCC1CCN(C(N)=O)CC1. The van der Waals surface area contributed by atoms with E-state index in [0.717, 1.165) is 31.8 Å². The molecule has 3 nitrogen and oxygen atoms in total. The van der Waals surface area contributed by atoms with Crippen LogP contribution in [0.2, 0.25) is 0 Å². The van der Waals surface area contributed by atoms with E-state index in [9.17, 15) is 4.79 Å². The molecule has 0 aliphatic carbocycles. The van der Waals surface area contributed by atoms with Gasteiger partial charge in [0.15, 0.2) is 0 Å². The lowest BCUT2D eigenvalue weighted by Crippen LogP contribution is -2.41. The van der Waals surface area contributed by atoms with Crippen LogP contribution in [0.15, 0.2) is 0 Å². The normalized spacial score (nSPS) is 19.0. The number of piperidine rings is 1. The molecule has 0 saturated carbocycles. The van der Waals surface area contributed by atoms with Crippen molar-refractivity contribution in [2.24, 2.45) is 11.7 Å². The number of carbonyl (C=O) groups excluding carboxylic acids is 1. The molecule has 1 aliphatic heterocycles. The highest BCUT2D eigenvalue weighted by Crippen LogP contribution is 2.22. The topological polar surface area (TPSA) is 46.3 Å². The summed E-state index contributed by atoms with van der Waals surface area (Å²) in [7, 11) is 0. The first-order chi connectivity index (χ1) is 6.24. The Labute approximate surface area is 80.3 Å². The number of nitrogens with zero attached hydrogens (tertiary/aromatic N) is 1. The van der Waals surface area contributed by atoms with Gasteiger partial charge >= 0.3 is 6.03 Å². The Morgan fingerprint density at radius 1 is 1.46 bits per heavy atom. The summed E-state index contributed by atoms with van der Waals surface area (Å²) in [5, 5.41) is 0. The first kappa shape index (κ1) is 10.4. The van der Waals surface area contributed by atoms with Gasteiger partial charge in [-0.25, -0.2) is 4.79 Å². The molecule has 76 valence electrons. The first-order valence-corrected chi connectivity index (χ1v) is 5.28. The van der Waals surface area contributed by atoms with Gasteiger partial charge in [0.05, 0.1) is 0 Å². The number of likely N-dealkylation sites (tertiary alicyclic amines) is 1. The molecule has 1 aliphatic rings. The van der Waals surface area contributed by atoms with Gasteiger partial charge in [-0.1, -0.05) is 26.2 Å². The molecule has 0 bridgehead atoms. The molecule has 13 heavy (non-hydrogen) atoms. The van der Waals surface area contributed by atoms with Gasteiger partial charge in [-0.3, -0.25) is 0 Å². The van der Waals surface area contributed by atoms with Crippen molar-refractivity contribution in [2.45, 2.75) is 39.0 Å². The third-order valence-corrected chi connectivity index (χ3v) is 2.89. The maximum atomic E-state index is 10.8. The van der Waals surface area contributed by atoms with Gasteiger partial charge in [0, 0.05) is 13.1 Å². The number of primary amides is 1. The van der Waals surface area contributed by atoms with Crippen LogP contribution >= 0.6 is 0 Å². The number of hydrogen-bond acceptors (Lipinski definition) is 1. The molecule has 2 N–H and O–H groups in total. The molecule has 0 aromatic rings. The van der Waals surface area contributed by atoms with Crippen molar-refractivity contribution in [3.05, 3.63) is 0 Å². The Kier molecular flexibility index (Phi) is 4.06. The molecular weight excluding hydrogens is 164 g/mol. The molecule has 0 radical (unpaired) electrons. The quantitative estimate of drug-likeness (QED) is 0.716. The number of rotatable bonds is 3. The number of urea groups is 1. The van der Waals surface area contributed by atoms with Crippen molar-refractivity contribution in [3.8, 4) is 0 Å². The maximum absolute atomic E-state index is 10.8. The lowest BCUT2D eigenvalue weighted by Gasteiger charge is -2.30. The molecule has 0 atom stereocenters. The van der Waals surface area contributed by atoms with E-state index < -0.39 is 0 Å². The summed E-state index contributed by atoms with van der Waals surface area (Å²) < 4.78 is 0. The van der Waals surface area contributed by atoms with Gasteiger partial charge in [0.1, 0.15) is 0 Å². The highest BCUT2D eigenvalue weighted by Gasteiger charge is 2.20. The third kappa shape index (κ3) is 3.25. The Hall–Kier alpha value is -0.730. The van der Waals surface area contributed by atoms with E-state index in [-0.39, 0.29) is 6.03 Å². The van der Waals surface area contributed by atoms with E-state index in [1.807, 2.05) is 0 Å². The molecule has 0 aromatic heterocycles. The van der Waals surface area contributed by atoms with Crippen LogP contribution < -0.4 is 5.73 Å². The van der Waals surface area contributed by atoms with Gasteiger partial charge in [0.2, 0.25) is 0 Å². The van der Waals surface area contributed by atoms with Crippen LogP contribution in [-0.4, -0.2) is 24.0 Å². The van der Waals surface area contributed by atoms with Crippen molar-refractivity contribution < 1.29 is 4.79 Å². The average Bonchev–Trinajstić information content (AvgIpc) is 2.15. The highest BCUT2D eigenvalue weighted by molar-refractivity contribution is 5.72. The van der Waals surface area contributed by atoms with Gasteiger partial charge in [0.25, 0.3) is 0 Å². The van der Waals surface area contributed by atoms with Crippen molar-refractivity contribution in [3.63, 3.8) is 0 Å². The van der Waals surface area contributed by atoms with E-state index in [1.165, 1.54) is 19.3 Å². The molecule has 1 saturated heterocycles. The zero-order valence-electron chi connectivity index (χ0n) is 8.46. The molecule has 1 heterocycles. The second-order valence-corrected chi connectivity index (χ2v) is 3.91. The Balaban J connectivity index is 2.18. The van der Waals surface area contributed by atoms with Crippen LogP contribution in [0, 0.1) is 5.92 Å². The van der Waals surface area contributed by atoms with E-state index in [4.69, 9.17) is 5.73 Å². The molecule has 0 spiro atoms. The van der Waals surface area contributed by atoms with Crippen LogP contribution in [-0.2, 0) is 0 Å². The van der Waals surface area contributed by atoms with Crippen molar-refractivity contribution in [1.82, 2.24) is 4.90 Å². The summed E-state index contributed by atoms with van der Waals surface area (Å²) in [6.45, 7) is 3.95. The van der Waals surface area contributed by atoms with Crippen LogP contribution in [0.3, 0.4) is 0 Å². The fourth-order valence-electron chi connectivity index (χ4n) is 1.93. The second-order valence-electron chi connectivity index (χ2n) is 3.91. The molecule has 0 aromatic carbocycles. The van der Waals surface area contributed by atoms with Crippen LogP contribution in [0.25, 0.3) is 0 Å². The summed E-state index contributed by atoms with van der Waals surface area (Å²) in [4.78, 5) is 12.6. The fourth-order valence-corrected chi connectivity index (χ4v) is 1.93. The van der Waals surface area contributed by atoms with Crippen LogP contribution in [0.5, 0.6) is 0 Å². The van der Waals surface area contributed by atoms with Gasteiger partial charge < -0.3 is 10.6 Å². The predicted octanol–water partition coefficient (Wildman–Crippen LogP) is 1.97. The minimum Gasteiger partial charge on any atom is -0.351 e. The van der Waals surface area contributed by atoms with Crippen molar-refractivity contribution >= 4 is 6.03 Å². The predicted molar refractivity (Wildman–Crippen MR) is 53.4 cm³/mol. The second kappa shape index (κ2) is 5.10. The minimum absolute atomic E-state index is 0.256. The number of nitrogens with two attached hydrogens (primary N) is 1. The fraction of sp³-hybridized carbons (Fsp3) is 0.900. The Morgan fingerprint density at radius 2 is 2.08 bits per heavy atom. The number of carbonyl (C=O) groups is 1. The summed E-state index contributed by atoms with van der Waals surface area (Å²) in [6.07, 6.45) is 6.20. The van der Waals surface area contributed by atoms with Crippen LogP contribution in [0.4, 0.5) is 4.79 Å². The summed E-state index contributed by atoms with van der Waals surface area (Å²) in [6, 6.07) is -0.256. The lowest BCUT2D eigenvalue weighted by molar-refractivity contribution is 0.175. The third-order valence-electron chi connectivity index (χ3n) is 2.89. The Bertz CT molecular complexity index is 162. The standard InChI is InChI=1S/C10H20N2O/c1-2-3-4-9-5-7-12(8-6-9)10(11)13/h9H,2-8H2,1H3,(H2,11,13). The monoisotopic (exact) mass is 184 g/mol. The zero-order chi connectivity index (χ0) is 9.68. The molecule has 3 heteroatoms. The molecule has 1 fully saturated rings. The first-order valence-electron chi connectivity index (χ1n) is 5.28. The highest BCUT2D eigenvalue weighted by atomic mass is 16.2. The number of hydrogen-bond donors (Lipinski definition) is 1. The lowest BCUT2D eigenvalue weighted by atomic mass is 9.92. The number of amides is 2. The minimum atomic E-state index is -0.256. The molecular formula is C10H20N2O. The smallest absolute Gasteiger partial charge is 0.314 e. The van der Waals surface area contributed by atoms with E-state index in [1.54, 1.807) is 4.90 Å². The largest absolute Gasteiger partial charge is 0.351 e.